The van der Waals surface area contributed by atoms with Crippen molar-refractivity contribution in [1.82, 2.24) is 0 Å². The molecule has 19 heavy (non-hydrogen) atoms. The lowest BCUT2D eigenvalue weighted by molar-refractivity contribution is 0.715. The first-order chi connectivity index (χ1) is 8.97. The van der Waals surface area contributed by atoms with E-state index in [1.165, 1.54) is 27.8 Å². The highest BCUT2D eigenvalue weighted by atomic mass is 79.9. The van der Waals surface area contributed by atoms with E-state index in [2.05, 4.69) is 61.0 Å². The molecule has 2 N–H and O–H groups in total. The Morgan fingerprint density at radius 3 is 2.26 bits per heavy atom. The van der Waals surface area contributed by atoms with E-state index in [9.17, 15) is 0 Å². The van der Waals surface area contributed by atoms with Crippen LogP contribution in [0.15, 0.2) is 40.9 Å². The van der Waals surface area contributed by atoms with Gasteiger partial charge < -0.3 is 5.73 Å². The first-order valence-corrected chi connectivity index (χ1v) is 7.34. The van der Waals surface area contributed by atoms with Gasteiger partial charge in [0.25, 0.3) is 0 Å². The van der Waals surface area contributed by atoms with Crippen LogP contribution >= 0.6 is 15.9 Å². The number of aryl methyl sites for hydroxylation is 3. The molecule has 0 aliphatic rings. The molecule has 0 radical (unpaired) electrons. The monoisotopic (exact) mass is 317 g/mol. The van der Waals surface area contributed by atoms with Gasteiger partial charge in [0.15, 0.2) is 0 Å². The summed E-state index contributed by atoms with van der Waals surface area (Å²) in [5.74, 6) is 0. The molecule has 0 aromatic heterocycles. The third-order valence-electron chi connectivity index (χ3n) is 3.54. The van der Waals surface area contributed by atoms with Crippen molar-refractivity contribution in [3.05, 3.63) is 68.7 Å². The van der Waals surface area contributed by atoms with Crippen LogP contribution in [-0.2, 0) is 6.42 Å². The molecule has 2 aromatic rings. The Balaban J connectivity index is 2.26. The van der Waals surface area contributed by atoms with Crippen molar-refractivity contribution >= 4 is 15.9 Å². The molecule has 0 heterocycles. The molecule has 2 heteroatoms. The van der Waals surface area contributed by atoms with Gasteiger partial charge >= 0.3 is 0 Å². The molecular formula is C17H20BrN. The molecule has 0 fully saturated rings. The highest BCUT2D eigenvalue weighted by molar-refractivity contribution is 9.10. The van der Waals surface area contributed by atoms with Crippen LogP contribution in [0.4, 0.5) is 0 Å². The molecule has 1 nitrogen and oxygen atoms in total. The summed E-state index contributed by atoms with van der Waals surface area (Å²) in [5.41, 5.74) is 12.9. The normalized spacial score (nSPS) is 12.5. The number of nitrogens with two attached hydrogens (primary N) is 1. The third-order valence-corrected chi connectivity index (χ3v) is 4.03. The van der Waals surface area contributed by atoms with Gasteiger partial charge in [-0.05, 0) is 61.6 Å². The van der Waals surface area contributed by atoms with E-state index in [-0.39, 0.29) is 6.04 Å². The van der Waals surface area contributed by atoms with E-state index in [1.54, 1.807) is 0 Å². The van der Waals surface area contributed by atoms with Crippen LogP contribution in [0.5, 0.6) is 0 Å². The lowest BCUT2D eigenvalue weighted by Gasteiger charge is -2.17. The van der Waals surface area contributed by atoms with E-state index in [4.69, 9.17) is 5.73 Å². The Hall–Kier alpha value is -1.12. The fourth-order valence-corrected chi connectivity index (χ4v) is 3.02. The highest BCUT2D eigenvalue weighted by Crippen LogP contribution is 2.24. The predicted octanol–water partition coefficient (Wildman–Crippen LogP) is 4.62. The molecule has 0 aliphatic heterocycles. The minimum atomic E-state index is 0.0395. The summed E-state index contributed by atoms with van der Waals surface area (Å²) < 4.78 is 1.08. The van der Waals surface area contributed by atoms with Gasteiger partial charge in [0.2, 0.25) is 0 Å². The Morgan fingerprint density at radius 1 is 1.05 bits per heavy atom. The maximum atomic E-state index is 6.35. The largest absolute Gasteiger partial charge is 0.324 e. The van der Waals surface area contributed by atoms with Crippen molar-refractivity contribution in [3.63, 3.8) is 0 Å². The zero-order chi connectivity index (χ0) is 14.0. The molecule has 2 rings (SSSR count). The van der Waals surface area contributed by atoms with Gasteiger partial charge in [-0.3, -0.25) is 0 Å². The summed E-state index contributed by atoms with van der Waals surface area (Å²) in [6, 6.07) is 12.8. The number of halogens is 1. The Labute approximate surface area is 124 Å². The van der Waals surface area contributed by atoms with Crippen LogP contribution in [0.25, 0.3) is 0 Å². The van der Waals surface area contributed by atoms with E-state index >= 15 is 0 Å². The van der Waals surface area contributed by atoms with Gasteiger partial charge in [-0.1, -0.05) is 45.8 Å². The number of hydrogen-bond donors (Lipinski definition) is 1. The molecule has 0 aliphatic carbocycles. The van der Waals surface area contributed by atoms with Crippen LogP contribution in [0.3, 0.4) is 0 Å². The topological polar surface area (TPSA) is 26.0 Å². The molecule has 1 unspecified atom stereocenters. The highest BCUT2D eigenvalue weighted by Gasteiger charge is 2.11. The quantitative estimate of drug-likeness (QED) is 0.878. The molecule has 2 aromatic carbocycles. The van der Waals surface area contributed by atoms with Crippen molar-refractivity contribution in [2.45, 2.75) is 33.2 Å². The summed E-state index contributed by atoms with van der Waals surface area (Å²) in [6.07, 6.45) is 0.883. The van der Waals surface area contributed by atoms with Crippen molar-refractivity contribution in [1.29, 1.82) is 0 Å². The maximum absolute atomic E-state index is 6.35. The number of hydrogen-bond acceptors (Lipinski definition) is 1. The lowest BCUT2D eigenvalue weighted by Crippen LogP contribution is -2.15. The number of rotatable bonds is 3. The van der Waals surface area contributed by atoms with Crippen molar-refractivity contribution < 1.29 is 0 Å². The first kappa shape index (κ1) is 14.3. The molecule has 0 spiro atoms. The maximum Gasteiger partial charge on any atom is 0.0336 e. The predicted molar refractivity (Wildman–Crippen MR) is 85.4 cm³/mol. The van der Waals surface area contributed by atoms with Crippen molar-refractivity contribution in [2.24, 2.45) is 5.73 Å². The standard InChI is InChI=1S/C17H20BrN/c1-11-7-12(2)16(13(3)8-11)10-17(19)14-5-4-6-15(18)9-14/h4-9,17H,10,19H2,1-3H3. The van der Waals surface area contributed by atoms with Gasteiger partial charge in [0.05, 0.1) is 0 Å². The zero-order valence-electron chi connectivity index (χ0n) is 11.7. The Bertz CT molecular complexity index is 567. The molecule has 0 amide bonds. The molecule has 0 bridgehead atoms. The smallest absolute Gasteiger partial charge is 0.0336 e. The van der Waals surface area contributed by atoms with Crippen LogP contribution in [-0.4, -0.2) is 0 Å². The fourth-order valence-electron chi connectivity index (χ4n) is 2.61. The second-order valence-electron chi connectivity index (χ2n) is 5.24. The van der Waals surface area contributed by atoms with Crippen LogP contribution < -0.4 is 5.73 Å². The van der Waals surface area contributed by atoms with E-state index in [1.807, 2.05) is 12.1 Å². The summed E-state index contributed by atoms with van der Waals surface area (Å²) in [4.78, 5) is 0. The van der Waals surface area contributed by atoms with Gasteiger partial charge in [-0.25, -0.2) is 0 Å². The third kappa shape index (κ3) is 3.46. The summed E-state index contributed by atoms with van der Waals surface area (Å²) in [6.45, 7) is 6.48. The fraction of sp³-hybridized carbons (Fsp3) is 0.294. The van der Waals surface area contributed by atoms with Crippen LogP contribution in [0.1, 0.15) is 33.9 Å². The minimum Gasteiger partial charge on any atom is -0.324 e. The van der Waals surface area contributed by atoms with E-state index in [0.29, 0.717) is 0 Å². The Kier molecular flexibility index (Phi) is 4.43. The molecule has 0 saturated carbocycles. The van der Waals surface area contributed by atoms with Gasteiger partial charge in [-0.2, -0.15) is 0 Å². The molecular weight excluding hydrogens is 298 g/mol. The van der Waals surface area contributed by atoms with Gasteiger partial charge in [-0.15, -0.1) is 0 Å². The average molecular weight is 318 g/mol. The van der Waals surface area contributed by atoms with E-state index < -0.39 is 0 Å². The van der Waals surface area contributed by atoms with Crippen molar-refractivity contribution in [2.75, 3.05) is 0 Å². The summed E-state index contributed by atoms with van der Waals surface area (Å²) in [5, 5.41) is 0. The number of benzene rings is 2. The Morgan fingerprint density at radius 2 is 1.68 bits per heavy atom. The SMILES string of the molecule is Cc1cc(C)c(CC(N)c2cccc(Br)c2)c(C)c1. The van der Waals surface area contributed by atoms with Crippen molar-refractivity contribution in [3.8, 4) is 0 Å². The molecule has 0 saturated heterocycles. The summed E-state index contributed by atoms with van der Waals surface area (Å²) >= 11 is 3.50. The van der Waals surface area contributed by atoms with Crippen LogP contribution in [0.2, 0.25) is 0 Å². The van der Waals surface area contributed by atoms with Crippen LogP contribution in [0, 0.1) is 20.8 Å². The minimum absolute atomic E-state index is 0.0395. The second-order valence-corrected chi connectivity index (χ2v) is 6.16. The van der Waals surface area contributed by atoms with Gasteiger partial charge in [0.1, 0.15) is 0 Å². The van der Waals surface area contributed by atoms with Gasteiger partial charge in [0, 0.05) is 10.5 Å². The first-order valence-electron chi connectivity index (χ1n) is 6.55. The zero-order valence-corrected chi connectivity index (χ0v) is 13.3. The lowest BCUT2D eigenvalue weighted by atomic mass is 9.92. The average Bonchev–Trinajstić information content (AvgIpc) is 2.33. The molecule has 100 valence electrons. The van der Waals surface area contributed by atoms with E-state index in [0.717, 1.165) is 10.9 Å². The summed E-state index contributed by atoms with van der Waals surface area (Å²) in [7, 11) is 0. The molecule has 1 atom stereocenters. The second kappa shape index (κ2) is 5.89.